The number of benzene rings is 1. The summed E-state index contributed by atoms with van der Waals surface area (Å²) < 4.78 is 19.3. The largest absolute Gasteiger partial charge is 0.383 e. The van der Waals surface area contributed by atoms with Crippen LogP contribution < -0.4 is 5.32 Å². The van der Waals surface area contributed by atoms with Gasteiger partial charge in [0.25, 0.3) is 0 Å². The summed E-state index contributed by atoms with van der Waals surface area (Å²) in [5, 5.41) is 6.15. The van der Waals surface area contributed by atoms with Gasteiger partial charge >= 0.3 is 0 Å². The summed E-state index contributed by atoms with van der Waals surface area (Å²) in [6.45, 7) is 1.26. The Morgan fingerprint density at radius 3 is 3.05 bits per heavy atom. The van der Waals surface area contributed by atoms with Crippen LogP contribution in [0.5, 0.6) is 0 Å². The number of nitrogens with one attached hydrogen (secondary N) is 1. The minimum absolute atomic E-state index is 0.139. The zero-order chi connectivity index (χ0) is 13.7. The first-order valence-corrected chi connectivity index (χ1v) is 7.46. The summed E-state index contributed by atoms with van der Waals surface area (Å²) in [6, 6.07) is 4.53. The van der Waals surface area contributed by atoms with Gasteiger partial charge in [-0.3, -0.25) is 0 Å². The van der Waals surface area contributed by atoms with Crippen molar-refractivity contribution < 1.29 is 9.13 Å². The van der Waals surface area contributed by atoms with Gasteiger partial charge in [-0.05, 0) is 23.8 Å². The predicted octanol–water partition coefficient (Wildman–Crippen LogP) is 3.37. The van der Waals surface area contributed by atoms with Crippen LogP contribution in [0, 0.1) is 5.82 Å². The van der Waals surface area contributed by atoms with Gasteiger partial charge in [-0.1, -0.05) is 15.9 Å². The van der Waals surface area contributed by atoms with Gasteiger partial charge in [0.15, 0.2) is 0 Å². The second-order valence-electron chi connectivity index (χ2n) is 3.92. The van der Waals surface area contributed by atoms with E-state index in [2.05, 4.69) is 26.2 Å². The Balaban J connectivity index is 2.28. The summed E-state index contributed by atoms with van der Waals surface area (Å²) in [5.74, 6) is -0.256. The van der Waals surface area contributed by atoms with Gasteiger partial charge in [0.05, 0.1) is 12.6 Å². The molecule has 1 heterocycles. The van der Waals surface area contributed by atoms with Gasteiger partial charge in [0, 0.05) is 29.7 Å². The maximum atomic E-state index is 13.4. The molecule has 0 aliphatic heterocycles. The number of methoxy groups -OCH3 is 1. The Morgan fingerprint density at radius 2 is 2.37 bits per heavy atom. The van der Waals surface area contributed by atoms with Crippen LogP contribution >= 0.6 is 27.3 Å². The van der Waals surface area contributed by atoms with E-state index in [-0.39, 0.29) is 11.9 Å². The maximum Gasteiger partial charge on any atom is 0.123 e. The molecule has 3 nitrogen and oxygen atoms in total. The highest BCUT2D eigenvalue weighted by Gasteiger charge is 2.19. The Hall–Kier alpha value is -0.820. The lowest BCUT2D eigenvalue weighted by atomic mass is 10.1. The van der Waals surface area contributed by atoms with Crippen molar-refractivity contribution in [1.29, 1.82) is 0 Å². The molecule has 0 aliphatic rings. The van der Waals surface area contributed by atoms with E-state index in [0.29, 0.717) is 13.2 Å². The van der Waals surface area contributed by atoms with Crippen molar-refractivity contribution in [2.75, 3.05) is 20.3 Å². The van der Waals surface area contributed by atoms with Gasteiger partial charge in [-0.25, -0.2) is 9.37 Å². The Morgan fingerprint density at radius 1 is 1.53 bits per heavy atom. The monoisotopic (exact) mass is 344 g/mol. The molecule has 0 amide bonds. The van der Waals surface area contributed by atoms with E-state index in [9.17, 15) is 4.39 Å². The fraction of sp³-hybridized carbons (Fsp3) is 0.308. The quantitative estimate of drug-likeness (QED) is 0.815. The Bertz CT molecular complexity index is 521. The first-order chi connectivity index (χ1) is 9.22. The third kappa shape index (κ3) is 3.82. The van der Waals surface area contributed by atoms with Gasteiger partial charge < -0.3 is 10.1 Å². The molecule has 2 rings (SSSR count). The average molecular weight is 345 g/mol. The lowest BCUT2D eigenvalue weighted by Gasteiger charge is -2.18. The molecule has 0 saturated heterocycles. The summed E-state index contributed by atoms with van der Waals surface area (Å²) in [6.07, 6.45) is 1.75. The van der Waals surface area contributed by atoms with Crippen LogP contribution in [0.2, 0.25) is 0 Å². The molecule has 102 valence electrons. The molecule has 0 fully saturated rings. The van der Waals surface area contributed by atoms with E-state index in [1.54, 1.807) is 30.7 Å². The zero-order valence-corrected chi connectivity index (χ0v) is 12.8. The smallest absolute Gasteiger partial charge is 0.123 e. The minimum Gasteiger partial charge on any atom is -0.383 e. The number of thiazole rings is 1. The van der Waals surface area contributed by atoms with Gasteiger partial charge in [-0.2, -0.15) is 0 Å². The normalized spacial score (nSPS) is 12.6. The molecule has 1 N–H and O–H groups in total. The summed E-state index contributed by atoms with van der Waals surface area (Å²) in [7, 11) is 1.65. The summed E-state index contributed by atoms with van der Waals surface area (Å²) in [4.78, 5) is 4.31. The van der Waals surface area contributed by atoms with Crippen molar-refractivity contribution in [3.05, 3.63) is 50.6 Å². The van der Waals surface area contributed by atoms with Crippen LogP contribution in [0.25, 0.3) is 0 Å². The van der Waals surface area contributed by atoms with Crippen molar-refractivity contribution in [2.24, 2.45) is 0 Å². The number of halogens is 2. The zero-order valence-electron chi connectivity index (χ0n) is 10.4. The molecule has 6 heteroatoms. The molecule has 1 unspecified atom stereocenters. The van der Waals surface area contributed by atoms with Crippen molar-refractivity contribution >= 4 is 27.3 Å². The average Bonchev–Trinajstić information content (AvgIpc) is 2.92. The van der Waals surface area contributed by atoms with E-state index in [1.807, 2.05) is 5.38 Å². The highest BCUT2D eigenvalue weighted by molar-refractivity contribution is 9.10. The molecule has 2 aromatic rings. The standard InChI is InChI=1S/C13H14BrFN2OS/c1-18-6-4-16-12(13-17-5-7-19-13)10-8-9(15)2-3-11(10)14/h2-3,5,7-8,12,16H,4,6H2,1H3. The Kier molecular flexibility index (Phi) is 5.45. The summed E-state index contributed by atoms with van der Waals surface area (Å²) in [5.41, 5.74) is 0.839. The number of nitrogens with zero attached hydrogens (tertiary/aromatic N) is 1. The predicted molar refractivity (Wildman–Crippen MR) is 77.9 cm³/mol. The number of rotatable bonds is 6. The van der Waals surface area contributed by atoms with Crippen molar-refractivity contribution in [3.8, 4) is 0 Å². The number of aromatic nitrogens is 1. The van der Waals surface area contributed by atoms with E-state index in [1.165, 1.54) is 12.1 Å². The molecule has 1 aromatic carbocycles. The lowest BCUT2D eigenvalue weighted by molar-refractivity contribution is 0.197. The Labute approximate surface area is 124 Å². The molecule has 0 spiro atoms. The molecule has 19 heavy (non-hydrogen) atoms. The van der Waals surface area contributed by atoms with E-state index >= 15 is 0 Å². The maximum absolute atomic E-state index is 13.4. The second kappa shape index (κ2) is 7.09. The molecular formula is C13H14BrFN2OS. The van der Waals surface area contributed by atoms with Crippen LogP contribution in [-0.4, -0.2) is 25.2 Å². The molecular weight excluding hydrogens is 331 g/mol. The molecule has 0 aliphatic carbocycles. The topological polar surface area (TPSA) is 34.1 Å². The molecule has 0 radical (unpaired) electrons. The van der Waals surface area contributed by atoms with Crippen molar-refractivity contribution in [1.82, 2.24) is 10.3 Å². The second-order valence-corrected chi connectivity index (χ2v) is 5.70. The third-order valence-corrected chi connectivity index (χ3v) is 4.18. The number of ether oxygens (including phenoxy) is 1. The number of hydrogen-bond acceptors (Lipinski definition) is 4. The lowest BCUT2D eigenvalue weighted by Crippen LogP contribution is -2.26. The molecule has 1 aromatic heterocycles. The van der Waals surface area contributed by atoms with Crippen LogP contribution in [0.3, 0.4) is 0 Å². The van der Waals surface area contributed by atoms with Crippen LogP contribution in [-0.2, 0) is 4.74 Å². The summed E-state index contributed by atoms with van der Waals surface area (Å²) >= 11 is 5.01. The number of hydrogen-bond donors (Lipinski definition) is 1. The van der Waals surface area contributed by atoms with Crippen molar-refractivity contribution in [2.45, 2.75) is 6.04 Å². The van der Waals surface area contributed by atoms with E-state index < -0.39 is 0 Å². The minimum atomic E-state index is -0.256. The highest BCUT2D eigenvalue weighted by atomic mass is 79.9. The first-order valence-electron chi connectivity index (χ1n) is 5.79. The van der Waals surface area contributed by atoms with Gasteiger partial charge in [0.2, 0.25) is 0 Å². The van der Waals surface area contributed by atoms with Crippen molar-refractivity contribution in [3.63, 3.8) is 0 Å². The van der Waals surface area contributed by atoms with Crippen LogP contribution in [0.15, 0.2) is 34.2 Å². The van der Waals surface area contributed by atoms with E-state index in [0.717, 1.165) is 15.0 Å². The highest BCUT2D eigenvalue weighted by Crippen LogP contribution is 2.30. The van der Waals surface area contributed by atoms with Gasteiger partial charge in [0.1, 0.15) is 10.8 Å². The van der Waals surface area contributed by atoms with E-state index in [4.69, 9.17) is 4.74 Å². The first kappa shape index (κ1) is 14.6. The molecule has 1 atom stereocenters. The van der Waals surface area contributed by atoms with Crippen LogP contribution in [0.1, 0.15) is 16.6 Å². The fourth-order valence-electron chi connectivity index (χ4n) is 1.75. The fourth-order valence-corrected chi connectivity index (χ4v) is 2.95. The SMILES string of the molecule is COCCNC(c1nccs1)c1cc(F)ccc1Br. The molecule has 0 saturated carbocycles. The van der Waals surface area contributed by atoms with Crippen LogP contribution in [0.4, 0.5) is 4.39 Å². The third-order valence-electron chi connectivity index (χ3n) is 2.62. The van der Waals surface area contributed by atoms with Gasteiger partial charge in [-0.15, -0.1) is 11.3 Å². The molecule has 0 bridgehead atoms.